The molecule has 112 valence electrons. The van der Waals surface area contributed by atoms with Crippen LogP contribution in [0.15, 0.2) is 0 Å². The van der Waals surface area contributed by atoms with Crippen LogP contribution in [-0.4, -0.2) is 36.0 Å². The maximum Gasteiger partial charge on any atom is 0.307 e. The van der Waals surface area contributed by atoms with Gasteiger partial charge in [0.05, 0.1) is 13.0 Å². The Labute approximate surface area is 117 Å². The summed E-state index contributed by atoms with van der Waals surface area (Å²) in [5, 5.41) is 0. The van der Waals surface area contributed by atoms with Crippen LogP contribution in [0.2, 0.25) is 0 Å². The molecular formula is C15H29NO3. The molecule has 0 N–H and O–H groups in total. The van der Waals surface area contributed by atoms with Gasteiger partial charge in [-0.15, -0.1) is 0 Å². The average Bonchev–Trinajstić information content (AvgIpc) is 2.40. The highest BCUT2D eigenvalue weighted by atomic mass is 16.5. The molecule has 0 bridgehead atoms. The average molecular weight is 271 g/mol. The van der Waals surface area contributed by atoms with Crippen LogP contribution in [-0.2, 0) is 14.3 Å². The lowest BCUT2D eigenvalue weighted by Crippen LogP contribution is -2.43. The van der Waals surface area contributed by atoms with Crippen LogP contribution in [0.5, 0.6) is 0 Å². The molecule has 1 amide bonds. The van der Waals surface area contributed by atoms with Gasteiger partial charge in [-0.25, -0.2) is 0 Å². The molecule has 0 aliphatic heterocycles. The van der Waals surface area contributed by atoms with Crippen molar-refractivity contribution >= 4 is 11.9 Å². The fourth-order valence-corrected chi connectivity index (χ4v) is 2.09. The van der Waals surface area contributed by atoms with Crippen LogP contribution in [0, 0.1) is 5.92 Å². The highest BCUT2D eigenvalue weighted by Gasteiger charge is 2.25. The van der Waals surface area contributed by atoms with Crippen molar-refractivity contribution in [2.24, 2.45) is 5.92 Å². The summed E-state index contributed by atoms with van der Waals surface area (Å²) in [5.74, 6) is 0.00740. The minimum Gasteiger partial charge on any atom is -0.466 e. The summed E-state index contributed by atoms with van der Waals surface area (Å²) >= 11 is 0. The van der Waals surface area contributed by atoms with Gasteiger partial charge in [0.25, 0.3) is 0 Å². The number of hydrogen-bond donors (Lipinski definition) is 0. The highest BCUT2D eigenvalue weighted by molar-refractivity contribution is 5.79. The van der Waals surface area contributed by atoms with E-state index in [-0.39, 0.29) is 30.3 Å². The molecule has 0 aliphatic carbocycles. The molecule has 0 saturated carbocycles. The van der Waals surface area contributed by atoms with E-state index in [0.717, 1.165) is 19.3 Å². The van der Waals surface area contributed by atoms with Crippen molar-refractivity contribution in [3.8, 4) is 0 Å². The molecule has 0 heterocycles. The summed E-state index contributed by atoms with van der Waals surface area (Å²) in [6.07, 6.45) is 2.88. The molecular weight excluding hydrogens is 242 g/mol. The molecule has 0 spiro atoms. The van der Waals surface area contributed by atoms with E-state index in [4.69, 9.17) is 4.74 Å². The molecule has 0 fully saturated rings. The Morgan fingerprint density at radius 3 is 2.05 bits per heavy atom. The number of amides is 1. The predicted octanol–water partition coefficient (Wildman–Crippen LogP) is 3.00. The van der Waals surface area contributed by atoms with E-state index in [1.165, 1.54) is 0 Å². The maximum atomic E-state index is 12.5. The second-order valence-corrected chi connectivity index (χ2v) is 4.86. The number of carbonyl (C=O) groups is 2. The van der Waals surface area contributed by atoms with Crippen LogP contribution in [0.25, 0.3) is 0 Å². The Morgan fingerprint density at radius 1 is 1.05 bits per heavy atom. The van der Waals surface area contributed by atoms with E-state index in [9.17, 15) is 9.59 Å². The fourth-order valence-electron chi connectivity index (χ4n) is 2.09. The lowest BCUT2D eigenvalue weighted by atomic mass is 10.0. The van der Waals surface area contributed by atoms with Crippen LogP contribution < -0.4 is 0 Å². The normalized spacial score (nSPS) is 12.3. The number of carbonyl (C=O) groups excluding carboxylic acids is 2. The molecule has 19 heavy (non-hydrogen) atoms. The van der Waals surface area contributed by atoms with Gasteiger partial charge in [0.1, 0.15) is 0 Å². The van der Waals surface area contributed by atoms with E-state index in [1.807, 2.05) is 25.7 Å². The van der Waals surface area contributed by atoms with Crippen LogP contribution in [0.4, 0.5) is 0 Å². The first-order chi connectivity index (χ1) is 9.01. The van der Waals surface area contributed by atoms with Crippen molar-refractivity contribution in [3.05, 3.63) is 0 Å². The van der Waals surface area contributed by atoms with Gasteiger partial charge in [0, 0.05) is 18.5 Å². The van der Waals surface area contributed by atoms with Crippen molar-refractivity contribution in [1.82, 2.24) is 4.90 Å². The van der Waals surface area contributed by atoms with E-state index in [0.29, 0.717) is 13.2 Å². The molecule has 0 aliphatic rings. The zero-order valence-electron chi connectivity index (χ0n) is 13.1. The highest BCUT2D eigenvalue weighted by Crippen LogP contribution is 2.16. The molecule has 0 aromatic rings. The van der Waals surface area contributed by atoms with Gasteiger partial charge < -0.3 is 9.64 Å². The van der Waals surface area contributed by atoms with Crippen molar-refractivity contribution in [3.63, 3.8) is 0 Å². The van der Waals surface area contributed by atoms with Crippen LogP contribution in [0.3, 0.4) is 0 Å². The van der Waals surface area contributed by atoms with Gasteiger partial charge in [-0.1, -0.05) is 20.8 Å². The minimum absolute atomic E-state index is 0.0659. The number of rotatable bonds is 9. The van der Waals surface area contributed by atoms with Crippen LogP contribution >= 0.6 is 0 Å². The topological polar surface area (TPSA) is 46.6 Å². The molecule has 4 nitrogen and oxygen atoms in total. The van der Waals surface area contributed by atoms with Crippen molar-refractivity contribution in [2.75, 3.05) is 13.2 Å². The van der Waals surface area contributed by atoms with Gasteiger partial charge in [-0.3, -0.25) is 9.59 Å². The first-order valence-corrected chi connectivity index (χ1v) is 7.47. The smallest absolute Gasteiger partial charge is 0.307 e. The summed E-state index contributed by atoms with van der Waals surface area (Å²) in [4.78, 5) is 25.7. The first-order valence-electron chi connectivity index (χ1n) is 7.47. The van der Waals surface area contributed by atoms with E-state index in [1.54, 1.807) is 6.92 Å². The third-order valence-corrected chi connectivity index (χ3v) is 3.60. The van der Waals surface area contributed by atoms with E-state index < -0.39 is 0 Å². The van der Waals surface area contributed by atoms with Gasteiger partial charge in [0.15, 0.2) is 0 Å². The number of hydrogen-bond acceptors (Lipinski definition) is 3. The molecule has 1 unspecified atom stereocenters. The number of esters is 1. The number of nitrogens with zero attached hydrogens (tertiary/aromatic N) is 1. The molecule has 0 aromatic heterocycles. The summed E-state index contributed by atoms with van der Waals surface area (Å²) in [6, 6.07) is 0.169. The first kappa shape index (κ1) is 17.9. The Bertz CT molecular complexity index is 275. The Balaban J connectivity index is 4.63. The third-order valence-electron chi connectivity index (χ3n) is 3.60. The van der Waals surface area contributed by atoms with Gasteiger partial charge >= 0.3 is 5.97 Å². The monoisotopic (exact) mass is 271 g/mol. The molecule has 0 aromatic carbocycles. The van der Waals surface area contributed by atoms with Crippen LogP contribution in [0.1, 0.15) is 60.3 Å². The molecule has 0 saturated heterocycles. The van der Waals surface area contributed by atoms with Gasteiger partial charge in [-0.2, -0.15) is 0 Å². The second kappa shape index (κ2) is 9.82. The van der Waals surface area contributed by atoms with Crippen molar-refractivity contribution in [1.29, 1.82) is 0 Å². The largest absolute Gasteiger partial charge is 0.466 e. The second-order valence-electron chi connectivity index (χ2n) is 4.86. The lowest BCUT2D eigenvalue weighted by Gasteiger charge is -2.31. The van der Waals surface area contributed by atoms with Crippen molar-refractivity contribution < 1.29 is 14.3 Å². The zero-order valence-corrected chi connectivity index (χ0v) is 13.1. The summed E-state index contributed by atoms with van der Waals surface area (Å²) in [5.41, 5.74) is 0. The maximum absolute atomic E-state index is 12.5. The van der Waals surface area contributed by atoms with Gasteiger partial charge in [-0.05, 0) is 33.1 Å². The minimum atomic E-state index is -0.229. The third kappa shape index (κ3) is 6.08. The Morgan fingerprint density at radius 2 is 1.63 bits per heavy atom. The lowest BCUT2D eigenvalue weighted by molar-refractivity contribution is -0.145. The van der Waals surface area contributed by atoms with Gasteiger partial charge in [0.2, 0.25) is 5.91 Å². The van der Waals surface area contributed by atoms with E-state index >= 15 is 0 Å². The molecule has 1 atom stereocenters. The van der Waals surface area contributed by atoms with E-state index in [2.05, 4.69) is 6.92 Å². The molecule has 4 heteroatoms. The quantitative estimate of drug-likeness (QED) is 0.606. The molecule has 0 radical (unpaired) electrons. The summed E-state index contributed by atoms with van der Waals surface area (Å²) in [7, 11) is 0. The Kier molecular flexibility index (Phi) is 9.27. The number of ether oxygens (including phenoxy) is 1. The Hall–Kier alpha value is -1.06. The predicted molar refractivity (Wildman–Crippen MR) is 76.8 cm³/mol. The molecule has 0 rings (SSSR count). The summed E-state index contributed by atoms with van der Waals surface area (Å²) in [6.45, 7) is 10.8. The zero-order chi connectivity index (χ0) is 14.8. The standard InChI is InChI=1S/C15H29NO3/c1-6-12(5)16(11-10-14(17)19-9-4)15(18)13(7-2)8-3/h12-13H,6-11H2,1-5H3. The summed E-state index contributed by atoms with van der Waals surface area (Å²) < 4.78 is 4.92. The fraction of sp³-hybridized carbons (Fsp3) is 0.867. The van der Waals surface area contributed by atoms with Crippen molar-refractivity contribution in [2.45, 2.75) is 66.3 Å². The SMILES string of the molecule is CCOC(=O)CCN(C(=O)C(CC)CC)C(C)CC.